The van der Waals surface area contributed by atoms with Crippen LogP contribution in [0.4, 0.5) is 0 Å². The Hall–Kier alpha value is -1.33. The zero-order chi connectivity index (χ0) is 15.7. The highest BCUT2D eigenvalue weighted by Crippen LogP contribution is 2.45. The molecule has 2 saturated heterocycles. The Bertz CT molecular complexity index is 557. The monoisotopic (exact) mass is 345 g/mol. The highest BCUT2D eigenvalue weighted by atomic mass is 32.2. The van der Waals surface area contributed by atoms with Crippen LogP contribution in [-0.2, 0) is 16.1 Å². The summed E-state index contributed by atoms with van der Waals surface area (Å²) in [7, 11) is 0. The lowest BCUT2D eigenvalue weighted by Gasteiger charge is -2.45. The number of fused-ring (bicyclic) bond motifs is 1. The molecule has 2 fully saturated rings. The fourth-order valence-corrected chi connectivity index (χ4v) is 5.12. The number of hydrogen-bond donors (Lipinski definition) is 2. The average molecular weight is 345 g/mol. The Morgan fingerprint density at radius 2 is 2.41 bits per heavy atom. The van der Waals surface area contributed by atoms with E-state index in [1.807, 2.05) is 0 Å². The van der Waals surface area contributed by atoms with E-state index in [1.165, 1.54) is 34.8 Å². The number of aliphatic hydroxyl groups is 1. The number of tetrazole rings is 1. The predicted molar refractivity (Wildman–Crippen MR) is 79.2 cm³/mol. The normalized spacial score (nSPS) is 28.3. The van der Waals surface area contributed by atoms with Crippen LogP contribution in [0.15, 0.2) is 6.33 Å². The van der Waals surface area contributed by atoms with E-state index in [0.29, 0.717) is 18.1 Å². The molecular weight excluding hydrogens is 330 g/mol. The van der Waals surface area contributed by atoms with Crippen LogP contribution < -0.4 is 0 Å². The van der Waals surface area contributed by atoms with Crippen molar-refractivity contribution in [3.63, 3.8) is 0 Å². The van der Waals surface area contributed by atoms with Crippen molar-refractivity contribution in [1.29, 1.82) is 0 Å². The number of aliphatic hydroxyl groups excluding tert-OH is 1. The van der Waals surface area contributed by atoms with E-state index in [4.69, 9.17) is 5.11 Å². The number of aryl methyl sites for hydroxylation is 1. The second kappa shape index (κ2) is 6.42. The van der Waals surface area contributed by atoms with E-state index in [-0.39, 0.29) is 11.3 Å². The van der Waals surface area contributed by atoms with Gasteiger partial charge in [0.2, 0.25) is 5.91 Å². The average Bonchev–Trinajstić information content (AvgIpc) is 3.10. The van der Waals surface area contributed by atoms with Crippen molar-refractivity contribution in [2.75, 3.05) is 17.3 Å². The van der Waals surface area contributed by atoms with Gasteiger partial charge in [-0.1, -0.05) is 0 Å². The molecule has 0 spiro atoms. The van der Waals surface area contributed by atoms with Crippen LogP contribution in [0.5, 0.6) is 0 Å². The summed E-state index contributed by atoms with van der Waals surface area (Å²) in [6.07, 6.45) is 0.763. The first-order valence-corrected chi connectivity index (χ1v) is 8.93. The molecule has 22 heavy (non-hydrogen) atoms. The largest absolute Gasteiger partial charge is 0.480 e. The number of nitrogens with zero attached hydrogens (tertiary/aromatic N) is 5. The Labute approximate surface area is 134 Å². The van der Waals surface area contributed by atoms with Crippen molar-refractivity contribution in [3.05, 3.63) is 6.33 Å². The van der Waals surface area contributed by atoms with Crippen molar-refractivity contribution < 1.29 is 19.8 Å². The lowest BCUT2D eigenvalue weighted by atomic mass is 9.91. The molecule has 2 N–H and O–H groups in total. The summed E-state index contributed by atoms with van der Waals surface area (Å²) in [5.74, 6) is -0.178. The van der Waals surface area contributed by atoms with Gasteiger partial charge in [-0.3, -0.25) is 4.79 Å². The number of amides is 1. The molecule has 2 aliphatic rings. The van der Waals surface area contributed by atoms with Gasteiger partial charge in [-0.15, -0.1) is 16.9 Å². The van der Waals surface area contributed by atoms with Crippen LogP contribution in [0.1, 0.15) is 0 Å². The molecule has 120 valence electrons. The lowest BCUT2D eigenvalue weighted by molar-refractivity contribution is -0.166. The van der Waals surface area contributed by atoms with Gasteiger partial charge >= 0.3 is 5.97 Å². The molecule has 0 bridgehead atoms. The fourth-order valence-electron chi connectivity index (χ4n) is 2.59. The molecule has 0 aromatic carbocycles. The minimum atomic E-state index is -0.980. The summed E-state index contributed by atoms with van der Waals surface area (Å²) in [6.45, 7) is 0.633. The van der Waals surface area contributed by atoms with Gasteiger partial charge in [0, 0.05) is 17.3 Å². The molecule has 3 unspecified atom stereocenters. The first-order valence-electron chi connectivity index (χ1n) is 6.72. The molecule has 0 radical (unpaired) electrons. The smallest absolute Gasteiger partial charge is 0.327 e. The number of carbonyl (C=O) groups excluding carboxylic acids is 1. The molecule has 1 aromatic heterocycles. The third-order valence-electron chi connectivity index (χ3n) is 3.73. The topological polar surface area (TPSA) is 121 Å². The van der Waals surface area contributed by atoms with E-state index in [2.05, 4.69) is 15.5 Å². The van der Waals surface area contributed by atoms with Crippen LogP contribution in [0.3, 0.4) is 0 Å². The fraction of sp³-hybridized carbons (Fsp3) is 0.727. The van der Waals surface area contributed by atoms with Crippen molar-refractivity contribution in [3.8, 4) is 0 Å². The minimum absolute atomic E-state index is 0.205. The van der Waals surface area contributed by atoms with Gasteiger partial charge < -0.3 is 15.1 Å². The summed E-state index contributed by atoms with van der Waals surface area (Å²) in [4.78, 5) is 24.5. The van der Waals surface area contributed by atoms with Crippen LogP contribution in [-0.4, -0.2) is 82.0 Å². The summed E-state index contributed by atoms with van der Waals surface area (Å²) in [5.41, 5.74) is 0. The van der Waals surface area contributed by atoms with Crippen molar-refractivity contribution >= 4 is 35.4 Å². The van der Waals surface area contributed by atoms with E-state index in [1.54, 1.807) is 4.68 Å². The molecule has 0 aliphatic carbocycles. The molecule has 9 nitrogen and oxygen atoms in total. The maximum atomic E-state index is 12.1. The molecule has 3 heterocycles. The van der Waals surface area contributed by atoms with Gasteiger partial charge in [0.15, 0.2) is 0 Å². The SMILES string of the molecule is O=C(O)C1CSC2C([C@@H](O)CSCCn3cnnn3)C(=O)N12. The van der Waals surface area contributed by atoms with Gasteiger partial charge in [-0.2, -0.15) is 11.8 Å². The van der Waals surface area contributed by atoms with Crippen LogP contribution >= 0.6 is 23.5 Å². The number of thioether (sulfide) groups is 2. The molecule has 4 atom stereocenters. The van der Waals surface area contributed by atoms with Gasteiger partial charge in [-0.25, -0.2) is 9.48 Å². The Balaban J connectivity index is 1.44. The number of carboxylic acid groups (broad SMARTS) is 1. The quantitative estimate of drug-likeness (QED) is 0.461. The lowest BCUT2D eigenvalue weighted by Crippen LogP contribution is -2.64. The Kier molecular flexibility index (Phi) is 4.54. The van der Waals surface area contributed by atoms with E-state index in [0.717, 1.165) is 5.75 Å². The van der Waals surface area contributed by atoms with E-state index >= 15 is 0 Å². The first-order chi connectivity index (χ1) is 10.6. The van der Waals surface area contributed by atoms with Crippen LogP contribution in [0.2, 0.25) is 0 Å². The first kappa shape index (κ1) is 15.6. The van der Waals surface area contributed by atoms with Crippen LogP contribution in [0.25, 0.3) is 0 Å². The number of aliphatic carboxylic acids is 1. The Morgan fingerprint density at radius 1 is 1.59 bits per heavy atom. The second-order valence-corrected chi connectivity index (χ2v) is 7.36. The Morgan fingerprint density at radius 3 is 3.09 bits per heavy atom. The molecule has 1 aromatic rings. The predicted octanol–water partition coefficient (Wildman–Crippen LogP) is -1.25. The summed E-state index contributed by atoms with van der Waals surface area (Å²) >= 11 is 2.95. The standard InChI is InChI=1S/C11H15N5O4S2/c17-7(4-21-2-1-15-5-12-13-14-15)8-9(18)16-6(11(19)20)3-22-10(8)16/h5-8,10,17H,1-4H2,(H,19,20)/t6?,7-,8?,10?/m0/s1. The van der Waals surface area contributed by atoms with Crippen LogP contribution in [0, 0.1) is 5.92 Å². The zero-order valence-corrected chi connectivity index (χ0v) is 13.1. The van der Waals surface area contributed by atoms with Crippen molar-refractivity contribution in [2.24, 2.45) is 5.92 Å². The third-order valence-corrected chi connectivity index (χ3v) is 6.14. The molecular formula is C11H15N5O4S2. The third kappa shape index (κ3) is 2.79. The highest BCUT2D eigenvalue weighted by molar-refractivity contribution is 8.00. The molecule has 3 rings (SSSR count). The van der Waals surface area contributed by atoms with Gasteiger partial charge in [0.05, 0.1) is 23.9 Å². The molecule has 1 amide bonds. The number of carboxylic acids is 1. The zero-order valence-electron chi connectivity index (χ0n) is 11.5. The number of aromatic nitrogens is 4. The van der Waals surface area contributed by atoms with E-state index in [9.17, 15) is 14.7 Å². The molecule has 11 heteroatoms. The summed E-state index contributed by atoms with van der Waals surface area (Å²) in [5, 5.41) is 29.8. The summed E-state index contributed by atoms with van der Waals surface area (Å²) < 4.78 is 1.60. The number of carbonyl (C=O) groups is 2. The molecule has 0 saturated carbocycles. The van der Waals surface area contributed by atoms with Crippen molar-refractivity contribution in [1.82, 2.24) is 25.1 Å². The summed E-state index contributed by atoms with van der Waals surface area (Å²) in [6, 6.07) is -0.751. The number of rotatable bonds is 7. The number of β-lactam (4-membered cyclic amide) rings is 1. The van der Waals surface area contributed by atoms with Gasteiger partial charge in [-0.05, 0) is 10.4 Å². The van der Waals surface area contributed by atoms with Gasteiger partial charge in [0.1, 0.15) is 12.4 Å². The minimum Gasteiger partial charge on any atom is -0.480 e. The molecule has 2 aliphatic heterocycles. The maximum absolute atomic E-state index is 12.1. The second-order valence-electron chi connectivity index (χ2n) is 5.06. The van der Waals surface area contributed by atoms with E-state index < -0.39 is 24.0 Å². The number of hydrogen-bond acceptors (Lipinski definition) is 8. The van der Waals surface area contributed by atoms with Gasteiger partial charge in [0.25, 0.3) is 0 Å². The van der Waals surface area contributed by atoms with Crippen molar-refractivity contribution in [2.45, 2.75) is 24.1 Å². The highest BCUT2D eigenvalue weighted by Gasteiger charge is 2.58. The maximum Gasteiger partial charge on any atom is 0.327 e.